The van der Waals surface area contributed by atoms with Crippen LogP contribution in [0.1, 0.15) is 35.1 Å². The number of nitrogens with zero attached hydrogens (tertiary/aromatic N) is 2. The van der Waals surface area contributed by atoms with Crippen LogP contribution >= 0.6 is 11.3 Å². The third-order valence-corrected chi connectivity index (χ3v) is 2.94. The molecule has 0 aromatic carbocycles. The van der Waals surface area contributed by atoms with Crippen molar-refractivity contribution in [2.24, 2.45) is 0 Å². The van der Waals surface area contributed by atoms with E-state index in [0.717, 1.165) is 5.69 Å². The summed E-state index contributed by atoms with van der Waals surface area (Å²) in [4.78, 5) is 9.54. The van der Waals surface area contributed by atoms with Crippen LogP contribution in [-0.2, 0) is 0 Å². The zero-order valence-corrected chi connectivity index (χ0v) is 12.4. The molecule has 0 aliphatic rings. The average Bonchev–Trinajstić information content (AvgIpc) is 2.61. The van der Waals surface area contributed by atoms with Gasteiger partial charge in [-0.2, -0.15) is 0 Å². The van der Waals surface area contributed by atoms with Gasteiger partial charge in [-0.05, 0) is 39.8 Å². The fourth-order valence-corrected chi connectivity index (χ4v) is 1.90. The molecule has 94 valence electrons. The largest absolute Gasteiger partial charge is 0.262 e. The van der Waals surface area contributed by atoms with Crippen LogP contribution in [0.3, 0.4) is 0 Å². The standard InChI is InChI=1S/C6H9NS.C6H7N.C2H6/c1-4-5(2)8-6(3)7-4;1-6-4-2-3-5-7-6;1-2/h1-3H3;2-5H,1H3;1-2H3. The van der Waals surface area contributed by atoms with Gasteiger partial charge in [0.25, 0.3) is 0 Å². The monoisotopic (exact) mass is 250 g/mol. The average molecular weight is 250 g/mol. The van der Waals surface area contributed by atoms with Crippen molar-refractivity contribution in [3.8, 4) is 0 Å². The highest BCUT2D eigenvalue weighted by Crippen LogP contribution is 2.14. The second-order valence-electron chi connectivity index (χ2n) is 3.35. The summed E-state index contributed by atoms with van der Waals surface area (Å²) in [6, 6.07) is 5.86. The number of thiazole rings is 1. The van der Waals surface area contributed by atoms with E-state index in [1.807, 2.05) is 52.8 Å². The highest BCUT2D eigenvalue weighted by atomic mass is 32.1. The summed E-state index contributed by atoms with van der Waals surface area (Å²) in [5.74, 6) is 0. The molecule has 0 atom stereocenters. The van der Waals surface area contributed by atoms with E-state index >= 15 is 0 Å². The molecule has 0 spiro atoms. The minimum absolute atomic E-state index is 1.07. The van der Waals surface area contributed by atoms with Crippen molar-refractivity contribution < 1.29 is 0 Å². The molecule has 2 aromatic rings. The molecule has 2 aromatic heterocycles. The maximum atomic E-state index is 4.23. The molecule has 0 unspecified atom stereocenters. The lowest BCUT2D eigenvalue weighted by Crippen LogP contribution is -1.72. The van der Waals surface area contributed by atoms with Crippen LogP contribution in [0.4, 0.5) is 0 Å². The molecule has 0 bridgehead atoms. The van der Waals surface area contributed by atoms with Gasteiger partial charge in [-0.15, -0.1) is 11.3 Å². The smallest absolute Gasteiger partial charge is 0.0899 e. The van der Waals surface area contributed by atoms with Crippen LogP contribution in [0.25, 0.3) is 0 Å². The summed E-state index contributed by atoms with van der Waals surface area (Å²) in [6.07, 6.45) is 1.79. The van der Waals surface area contributed by atoms with E-state index in [-0.39, 0.29) is 0 Å². The van der Waals surface area contributed by atoms with Crippen LogP contribution in [0.15, 0.2) is 24.4 Å². The third-order valence-electron chi connectivity index (χ3n) is 1.95. The summed E-state index contributed by atoms with van der Waals surface area (Å²) in [5.41, 5.74) is 2.25. The first-order valence-electron chi connectivity index (χ1n) is 5.88. The van der Waals surface area contributed by atoms with E-state index in [9.17, 15) is 0 Å². The molecule has 3 heteroatoms. The first kappa shape index (κ1) is 15.8. The Labute approximate surface area is 109 Å². The van der Waals surface area contributed by atoms with Crippen molar-refractivity contribution in [1.82, 2.24) is 9.97 Å². The quantitative estimate of drug-likeness (QED) is 0.688. The fourth-order valence-electron chi connectivity index (χ4n) is 1.08. The van der Waals surface area contributed by atoms with Gasteiger partial charge in [0.1, 0.15) is 0 Å². The summed E-state index contributed by atoms with van der Waals surface area (Å²) in [5, 5.41) is 1.17. The van der Waals surface area contributed by atoms with Crippen molar-refractivity contribution in [3.63, 3.8) is 0 Å². The van der Waals surface area contributed by atoms with Gasteiger partial charge in [-0.1, -0.05) is 19.9 Å². The van der Waals surface area contributed by atoms with Crippen molar-refractivity contribution in [2.75, 3.05) is 0 Å². The Hall–Kier alpha value is -1.22. The Morgan fingerprint density at radius 3 is 1.82 bits per heavy atom. The Morgan fingerprint density at radius 2 is 1.65 bits per heavy atom. The van der Waals surface area contributed by atoms with Crippen LogP contribution in [0, 0.1) is 27.7 Å². The molecule has 2 rings (SSSR count). The summed E-state index contributed by atoms with van der Waals surface area (Å²) >= 11 is 1.76. The second-order valence-corrected chi connectivity index (χ2v) is 4.75. The van der Waals surface area contributed by atoms with Gasteiger partial charge in [0, 0.05) is 16.8 Å². The molecule has 0 aliphatic carbocycles. The van der Waals surface area contributed by atoms with Gasteiger partial charge >= 0.3 is 0 Å². The third kappa shape index (κ3) is 6.84. The van der Waals surface area contributed by atoms with Gasteiger partial charge in [-0.3, -0.25) is 4.98 Å². The first-order chi connectivity index (χ1) is 8.09. The van der Waals surface area contributed by atoms with E-state index in [2.05, 4.69) is 16.9 Å². The Bertz CT molecular complexity index is 388. The van der Waals surface area contributed by atoms with E-state index < -0.39 is 0 Å². The van der Waals surface area contributed by atoms with Gasteiger partial charge in [-0.25, -0.2) is 4.98 Å². The molecule has 0 N–H and O–H groups in total. The minimum Gasteiger partial charge on any atom is -0.262 e. The van der Waals surface area contributed by atoms with Crippen molar-refractivity contribution in [1.29, 1.82) is 0 Å². The zero-order valence-electron chi connectivity index (χ0n) is 11.6. The Morgan fingerprint density at radius 1 is 1.00 bits per heavy atom. The van der Waals surface area contributed by atoms with E-state index in [0.29, 0.717) is 0 Å². The lowest BCUT2D eigenvalue weighted by atomic mass is 10.4. The maximum Gasteiger partial charge on any atom is 0.0899 e. The topological polar surface area (TPSA) is 25.8 Å². The van der Waals surface area contributed by atoms with Crippen LogP contribution in [-0.4, -0.2) is 9.97 Å². The molecule has 17 heavy (non-hydrogen) atoms. The highest BCUT2D eigenvalue weighted by Gasteiger charge is 1.95. The number of aryl methyl sites for hydroxylation is 4. The molecular formula is C14H22N2S. The minimum atomic E-state index is 1.07. The molecule has 0 radical (unpaired) electrons. The van der Waals surface area contributed by atoms with Crippen molar-refractivity contribution >= 4 is 11.3 Å². The number of pyridine rings is 1. The first-order valence-corrected chi connectivity index (χ1v) is 6.69. The lowest BCUT2D eigenvalue weighted by Gasteiger charge is -1.82. The summed E-state index contributed by atoms with van der Waals surface area (Å²) < 4.78 is 0. The number of aromatic nitrogens is 2. The molecule has 0 saturated heterocycles. The highest BCUT2D eigenvalue weighted by molar-refractivity contribution is 7.11. The fraction of sp³-hybridized carbons (Fsp3) is 0.429. The number of rotatable bonds is 0. The molecule has 2 nitrogen and oxygen atoms in total. The Balaban J connectivity index is 0.000000265. The maximum absolute atomic E-state index is 4.23. The van der Waals surface area contributed by atoms with Gasteiger partial charge < -0.3 is 0 Å². The molecular weight excluding hydrogens is 228 g/mol. The predicted octanol–water partition coefficient (Wildman–Crippen LogP) is 4.48. The normalized spacial score (nSPS) is 8.59. The molecule has 0 amide bonds. The van der Waals surface area contributed by atoms with Crippen molar-refractivity contribution in [3.05, 3.63) is 45.7 Å². The van der Waals surface area contributed by atoms with Gasteiger partial charge in [0.05, 0.1) is 10.7 Å². The van der Waals surface area contributed by atoms with E-state index in [4.69, 9.17) is 0 Å². The van der Waals surface area contributed by atoms with Crippen molar-refractivity contribution in [2.45, 2.75) is 41.5 Å². The molecule has 0 fully saturated rings. The zero-order chi connectivity index (χ0) is 13.3. The molecule has 2 heterocycles. The van der Waals surface area contributed by atoms with Crippen LogP contribution < -0.4 is 0 Å². The van der Waals surface area contributed by atoms with Crippen LogP contribution in [0.2, 0.25) is 0 Å². The molecule has 0 saturated carbocycles. The summed E-state index contributed by atoms with van der Waals surface area (Å²) in [7, 11) is 0. The number of hydrogen-bond acceptors (Lipinski definition) is 3. The van der Waals surface area contributed by atoms with Gasteiger partial charge in [0.2, 0.25) is 0 Å². The van der Waals surface area contributed by atoms with E-state index in [1.54, 1.807) is 17.5 Å². The SMILES string of the molecule is CC.Cc1ccccn1.Cc1nc(C)c(C)s1. The summed E-state index contributed by atoms with van der Waals surface area (Å²) in [6.45, 7) is 12.1. The Kier molecular flexibility index (Phi) is 8.24. The molecule has 0 aliphatic heterocycles. The van der Waals surface area contributed by atoms with Crippen LogP contribution in [0.5, 0.6) is 0 Å². The van der Waals surface area contributed by atoms with E-state index in [1.165, 1.54) is 15.6 Å². The van der Waals surface area contributed by atoms with Gasteiger partial charge in [0.15, 0.2) is 0 Å². The predicted molar refractivity (Wildman–Crippen MR) is 76.6 cm³/mol. The number of hydrogen-bond donors (Lipinski definition) is 0. The second kappa shape index (κ2) is 8.88. The lowest BCUT2D eigenvalue weighted by molar-refractivity contribution is 1.18.